The largest absolute Gasteiger partial charge is 0.477 e. The van der Waals surface area contributed by atoms with Crippen LogP contribution in [0.2, 0.25) is 0 Å². The van der Waals surface area contributed by atoms with Gasteiger partial charge in [-0.05, 0) is 159 Å². The number of nitrogens with zero attached hydrogens (tertiary/aromatic N) is 12. The van der Waals surface area contributed by atoms with Gasteiger partial charge in [-0.25, -0.2) is 14.4 Å². The quantitative estimate of drug-likeness (QED) is 0.00933. The number of aromatic carboxylic acids is 1. The fourth-order valence-corrected chi connectivity index (χ4v) is 15.2. The van der Waals surface area contributed by atoms with Crippen LogP contribution in [-0.4, -0.2) is 221 Å². The van der Waals surface area contributed by atoms with E-state index in [0.717, 1.165) is 52.2 Å². The number of aromatic amines is 3. The first-order valence-corrected chi connectivity index (χ1v) is 38.8. The Morgan fingerprint density at radius 2 is 1.04 bits per heavy atom. The third kappa shape index (κ3) is 24.5. The van der Waals surface area contributed by atoms with Gasteiger partial charge in [0.15, 0.2) is 17.9 Å². The molecule has 4 aliphatic heterocycles. The maximum atomic E-state index is 13.6. The van der Waals surface area contributed by atoms with Gasteiger partial charge in [-0.3, -0.25) is 67.1 Å². The van der Waals surface area contributed by atoms with Crippen LogP contribution in [0.5, 0.6) is 0 Å². The first-order chi connectivity index (χ1) is 58.8. The maximum absolute atomic E-state index is 13.6. The topological polar surface area (TPSA) is 612 Å². The summed E-state index contributed by atoms with van der Waals surface area (Å²) in [7, 11) is 11.8. The van der Waals surface area contributed by atoms with Crippen molar-refractivity contribution in [2.45, 2.75) is 88.4 Å². The highest BCUT2D eigenvalue weighted by atomic mass is 35.5. The van der Waals surface area contributed by atoms with Crippen LogP contribution < -0.4 is 54.4 Å². The molecule has 14 rings (SSSR count). The summed E-state index contributed by atoms with van der Waals surface area (Å²) in [5.41, 5.74) is 17.3. The van der Waals surface area contributed by atoms with Gasteiger partial charge in [0.25, 0.3) is 33.7 Å². The van der Waals surface area contributed by atoms with Crippen LogP contribution in [0.4, 0.5) is 0 Å². The molecule has 0 unspecified atom stereocenters. The zero-order chi connectivity index (χ0) is 90.1. The van der Waals surface area contributed by atoms with Crippen molar-refractivity contribution in [1.82, 2.24) is 69.3 Å². The Kier molecular flexibility index (Phi) is 35.8. The number of likely N-dealkylation sites (tertiary alicyclic amines) is 1. The summed E-state index contributed by atoms with van der Waals surface area (Å²) >= 11 is 0. The maximum Gasteiger partial charge on any atom is 0.354 e. The Morgan fingerprint density at radius 3 is 1.50 bits per heavy atom. The average Bonchev–Trinajstić information content (AvgIpc) is 1.60. The van der Waals surface area contributed by atoms with Gasteiger partial charge in [0.05, 0.1) is 77.7 Å². The summed E-state index contributed by atoms with van der Waals surface area (Å²) in [5, 5.41) is 49.0. The number of H-pyrrole nitrogens is 3. The number of carbonyl (C=O) groups is 12. The number of esters is 3. The lowest BCUT2D eigenvalue weighted by molar-refractivity contribution is -0.139. The lowest BCUT2D eigenvalue weighted by atomic mass is 9.92. The number of methoxy groups -OCH3 is 3. The van der Waals surface area contributed by atoms with E-state index in [1.54, 1.807) is 101 Å². The summed E-state index contributed by atoms with van der Waals surface area (Å²) in [4.78, 5) is 214. The van der Waals surface area contributed by atoms with Crippen LogP contribution in [0.15, 0.2) is 132 Å². The number of pyridine rings is 5. The number of hydrogen-bond donors (Lipinski definition) is 11. The first kappa shape index (κ1) is 97.3. The molecule has 4 saturated heterocycles. The molecular weight excluding hydrogens is 1640 g/mol. The van der Waals surface area contributed by atoms with E-state index >= 15 is 0 Å². The lowest BCUT2D eigenvalue weighted by Crippen LogP contribution is -2.53. The van der Waals surface area contributed by atoms with Crippen molar-refractivity contribution >= 4 is 122 Å². The summed E-state index contributed by atoms with van der Waals surface area (Å²) in [6.07, 6.45) is 17.4. The van der Waals surface area contributed by atoms with E-state index in [1.165, 1.54) is 73.5 Å². The van der Waals surface area contributed by atoms with E-state index in [2.05, 4.69) is 75.8 Å². The van der Waals surface area contributed by atoms with Gasteiger partial charge in [0.2, 0.25) is 23.6 Å². The van der Waals surface area contributed by atoms with Crippen molar-refractivity contribution in [2.24, 2.45) is 81.0 Å². The minimum absolute atomic E-state index is 0. The minimum Gasteiger partial charge on any atom is -0.477 e. The number of aldehydes is 1. The molecule has 2 saturated carbocycles. The Labute approximate surface area is 710 Å². The normalized spacial score (nSPS) is 19.0. The average molecular weight is 1740 g/mol. The Morgan fingerprint density at radius 1 is 0.573 bits per heavy atom. The molecule has 44 heteroatoms. The SMILES string of the molecule is COC(=O)/C(=C/c1cccn(C)c1=O)N=[N+]=[N-].COC(=O)CN=[N+]=[N-].COC(=O)c1cc2c(=O)n(C)ccc2[nH]1.Cl.Cn1ccc2[nH]c(C(=O)N3C[C@@H]4CCC[C@@H]4[C@H]3C(=O)N[C@@H](C[C@@H]3CCNC3=O)C(=O)CO)cc2c1=O.Cn1ccc2[nH]c(C(=O)O)cc2c1=O.Cn1cccc(C=O)c1=O.O=C1NCC[C@H]1C[C@H](NC(=O)[C@H]1NC[C@@H]2CCC[C@@H]21)C(=O)CO. The Bertz CT molecular complexity index is 5760. The van der Waals surface area contributed by atoms with Gasteiger partial charge in [-0.1, -0.05) is 23.1 Å². The molecule has 12 heterocycles. The number of carboxylic acid groups (broad SMARTS) is 1. The third-order valence-electron chi connectivity index (χ3n) is 21.8. The number of amides is 5. The predicted molar refractivity (Wildman–Crippen MR) is 448 cm³/mol. The third-order valence-corrected chi connectivity index (χ3v) is 21.8. The van der Waals surface area contributed by atoms with Crippen molar-refractivity contribution in [1.29, 1.82) is 0 Å². The number of aliphatic hydroxyl groups excluding tert-OH is 2. The van der Waals surface area contributed by atoms with Crippen molar-refractivity contribution in [3.8, 4) is 0 Å². The molecule has 0 aromatic carbocycles. The fraction of sp³-hybridized carbons (Fsp3) is 0.438. The molecular formula is C80H97ClN20O23. The molecule has 6 fully saturated rings. The molecule has 8 aromatic heterocycles. The number of aromatic nitrogens is 8. The minimum atomic E-state index is -1.07. The van der Waals surface area contributed by atoms with Gasteiger partial charge >= 0.3 is 23.9 Å². The van der Waals surface area contributed by atoms with E-state index < -0.39 is 78.6 Å². The molecule has 10 atom stereocenters. The molecule has 8 aromatic rings. The standard InChI is InChI=1S/C25H31N5O6.C16H25N3O4.C10H10N4O3.C10H10N2O3.C9H8N2O3.C7H7NO2.C3H5N3O2.ClH/c1-29-8-6-17-16(24(29)35)10-19(27-17)25(36)30-11-14-3-2-4-15(14)21(30)23(34)28-18(20(32)12-31)9-13-5-7-26-22(13)33;20-8-13(21)12(6-9-4-5-17-15(9)22)19-16(23)14-11-3-1-2-10(11)7-18-14;1-14-5-3-4-7(9(14)15)6-8(12-13-11)10(16)17-2;1-12-4-3-7-6(9(12)13)5-8(11-7)10(14)15-2;1-11-3-2-6-5(8(11)12)4-7(10-6)9(13)14;1-8-4-2-3-6(5-9)7(8)10;1-8-3(7)2-5-6-4;/h6,8,10,13-15,18,21,27,31H,2-5,7,9,11-12H2,1H3,(H,26,33)(H,28,34);9-12,14,18,20H,1-8H2,(H,17,22)(H,19,23);3-6H,1-2H3;3-5,11H,1-2H3;2-4,10H,1H3,(H,13,14);2-5H,1H3;2H2,1H3;1H/b;;8-6-;;;;;/t13-,14-,15-,18-,21-;9-,10-,11-,12-,14-;;;;;;/m00....../s1. The van der Waals surface area contributed by atoms with Gasteiger partial charge in [0, 0.05) is 113 Å². The first-order valence-electron chi connectivity index (χ1n) is 38.8. The number of hydrogen-bond acceptors (Lipinski definition) is 25. The molecule has 0 bridgehead atoms. The van der Waals surface area contributed by atoms with E-state index in [4.69, 9.17) is 21.3 Å². The Balaban J connectivity index is 0.000000210. The number of Topliss-reactive ketones (excluding diaryl/α,β-unsaturated/α-hetero) is 2. The highest BCUT2D eigenvalue weighted by molar-refractivity contribution is 6.02. The van der Waals surface area contributed by atoms with E-state index in [-0.39, 0.29) is 141 Å². The second kappa shape index (κ2) is 45.7. The molecule has 43 nitrogen and oxygen atoms in total. The number of fused-ring (bicyclic) bond motifs is 5. The molecule has 0 radical (unpaired) electrons. The van der Waals surface area contributed by atoms with Crippen LogP contribution in [0, 0.1) is 35.5 Å². The molecule has 0 spiro atoms. The van der Waals surface area contributed by atoms with Crippen molar-refractivity contribution in [2.75, 3.05) is 67.3 Å². The van der Waals surface area contributed by atoms with E-state index in [1.807, 2.05) is 0 Å². The van der Waals surface area contributed by atoms with Crippen molar-refractivity contribution < 1.29 is 87.1 Å². The zero-order valence-electron chi connectivity index (χ0n) is 68.9. The van der Waals surface area contributed by atoms with Gasteiger partial charge < -0.3 is 98.8 Å². The summed E-state index contributed by atoms with van der Waals surface area (Å²) in [6.45, 7) is 0.787. The monoisotopic (exact) mass is 1740 g/mol. The number of nitrogens with one attached hydrogen (secondary N) is 8. The summed E-state index contributed by atoms with van der Waals surface area (Å²) in [6, 6.07) is 13.0. The molecule has 662 valence electrons. The van der Waals surface area contributed by atoms with Crippen LogP contribution in [0.25, 0.3) is 59.7 Å². The number of ketones is 2. The number of aliphatic hydroxyl groups is 2. The predicted octanol–water partition coefficient (Wildman–Crippen LogP) is 2.14. The number of ether oxygens (including phenoxy) is 3. The molecule has 124 heavy (non-hydrogen) atoms. The van der Waals surface area contributed by atoms with Crippen LogP contribution in [-0.2, 0) is 87.8 Å². The molecule has 6 aliphatic rings. The van der Waals surface area contributed by atoms with Gasteiger partial charge in [0.1, 0.15) is 48.6 Å². The number of halogens is 1. The van der Waals surface area contributed by atoms with Gasteiger partial charge in [-0.15, -0.1) is 12.4 Å². The van der Waals surface area contributed by atoms with Gasteiger partial charge in [-0.2, -0.15) is 0 Å². The lowest BCUT2D eigenvalue weighted by Gasteiger charge is -2.29. The fourth-order valence-electron chi connectivity index (χ4n) is 15.2. The van der Waals surface area contributed by atoms with Crippen molar-refractivity contribution in [3.63, 3.8) is 0 Å². The zero-order valence-corrected chi connectivity index (χ0v) is 69.7. The number of azide groups is 2. The second-order valence-electron chi connectivity index (χ2n) is 29.5. The summed E-state index contributed by atoms with van der Waals surface area (Å²) < 4.78 is 20.1. The summed E-state index contributed by atoms with van der Waals surface area (Å²) in [5.74, 6) is -4.76. The number of aryl methyl sites for hydroxylation is 5. The number of carbonyl (C=O) groups excluding carboxylic acids is 11. The van der Waals surface area contributed by atoms with Crippen molar-refractivity contribution in [3.05, 3.63) is 198 Å². The highest BCUT2D eigenvalue weighted by Crippen LogP contribution is 2.43. The number of carboxylic acids is 1. The van der Waals surface area contributed by atoms with Crippen LogP contribution >= 0.6 is 12.4 Å². The van der Waals surface area contributed by atoms with E-state index in [9.17, 15) is 86.6 Å². The smallest absolute Gasteiger partial charge is 0.354 e. The van der Waals surface area contributed by atoms with E-state index in [0.29, 0.717) is 83.3 Å². The Hall–Kier alpha value is -13.9. The molecule has 11 N–H and O–H groups in total. The highest BCUT2D eigenvalue weighted by Gasteiger charge is 2.51. The molecule has 2 aliphatic carbocycles. The molecule has 5 amide bonds. The second-order valence-corrected chi connectivity index (χ2v) is 29.5. The number of rotatable bonds is 21. The van der Waals surface area contributed by atoms with Crippen LogP contribution in [0.1, 0.15) is 112 Å². The van der Waals surface area contributed by atoms with Crippen LogP contribution in [0.3, 0.4) is 0 Å².